The van der Waals surface area contributed by atoms with E-state index in [4.69, 9.17) is 0 Å². The van der Waals surface area contributed by atoms with Crippen LogP contribution in [0.4, 0.5) is 5.69 Å². The Labute approximate surface area is 111 Å². The molecule has 4 heteroatoms. The molecule has 4 nitrogen and oxygen atoms in total. The van der Waals surface area contributed by atoms with Crippen LogP contribution in [0.2, 0.25) is 0 Å². The van der Waals surface area contributed by atoms with Gasteiger partial charge < -0.3 is 4.90 Å². The maximum atomic E-state index is 12.2. The summed E-state index contributed by atoms with van der Waals surface area (Å²) in [5.41, 5.74) is 0.857. The van der Waals surface area contributed by atoms with Gasteiger partial charge in [-0.3, -0.25) is 14.2 Å². The number of hydrogen-bond donors (Lipinski definition) is 0. The molecule has 3 rings (SSSR count). The summed E-state index contributed by atoms with van der Waals surface area (Å²) in [7, 11) is 0. The molecule has 96 valence electrons. The fourth-order valence-electron chi connectivity index (χ4n) is 2.42. The highest BCUT2D eigenvalue weighted by Crippen LogP contribution is 2.25. The predicted molar refractivity (Wildman–Crippen MR) is 72.0 cm³/mol. The zero-order valence-electron chi connectivity index (χ0n) is 10.4. The number of amides is 1. The van der Waals surface area contributed by atoms with E-state index in [1.54, 1.807) is 21.9 Å². The summed E-state index contributed by atoms with van der Waals surface area (Å²) in [5, 5.41) is 0. The van der Waals surface area contributed by atoms with Gasteiger partial charge in [0.05, 0.1) is 5.92 Å². The molecule has 0 saturated carbocycles. The minimum Gasteiger partial charge on any atom is -0.312 e. The van der Waals surface area contributed by atoms with Crippen LogP contribution >= 0.6 is 0 Å². The molecular weight excluding hydrogens is 240 g/mol. The summed E-state index contributed by atoms with van der Waals surface area (Å²) in [4.78, 5) is 25.9. The van der Waals surface area contributed by atoms with E-state index in [2.05, 4.69) is 0 Å². The highest BCUT2D eigenvalue weighted by Gasteiger charge is 2.35. The molecule has 0 spiro atoms. The van der Waals surface area contributed by atoms with E-state index < -0.39 is 0 Å². The van der Waals surface area contributed by atoms with Gasteiger partial charge in [0.25, 0.3) is 0 Å². The minimum atomic E-state index is -0.264. The predicted octanol–water partition coefficient (Wildman–Crippen LogP) is 2.18. The Balaban J connectivity index is 1.79. The molecule has 1 atom stereocenters. The van der Waals surface area contributed by atoms with Gasteiger partial charge in [0.1, 0.15) is 0 Å². The smallest absolute Gasteiger partial charge is 0.235 e. The molecule has 1 unspecified atom stereocenters. The van der Waals surface area contributed by atoms with Crippen LogP contribution in [-0.4, -0.2) is 22.9 Å². The fourth-order valence-corrected chi connectivity index (χ4v) is 2.42. The van der Waals surface area contributed by atoms with Gasteiger partial charge in [-0.05, 0) is 24.3 Å². The molecule has 1 aliphatic rings. The lowest BCUT2D eigenvalue weighted by Crippen LogP contribution is -2.27. The van der Waals surface area contributed by atoms with E-state index in [0.29, 0.717) is 6.54 Å². The second-order valence-electron chi connectivity index (χ2n) is 4.67. The first kappa shape index (κ1) is 11.7. The molecule has 1 fully saturated rings. The molecule has 0 radical (unpaired) electrons. The Bertz CT molecular complexity index is 590. The van der Waals surface area contributed by atoms with E-state index in [0.717, 1.165) is 5.69 Å². The zero-order valence-corrected chi connectivity index (χ0v) is 10.4. The number of rotatable bonds is 2. The SMILES string of the molecule is O=C1CC(C(=O)n2cccc2)CN1c1ccccc1. The van der Waals surface area contributed by atoms with Crippen LogP contribution in [0.5, 0.6) is 0 Å². The average Bonchev–Trinajstić information content (AvgIpc) is 3.08. The summed E-state index contributed by atoms with van der Waals surface area (Å²) in [6.45, 7) is 0.458. The van der Waals surface area contributed by atoms with Crippen LogP contribution in [0.1, 0.15) is 11.2 Å². The number of benzene rings is 1. The summed E-state index contributed by atoms with van der Waals surface area (Å²) < 4.78 is 1.55. The molecule has 1 aromatic heterocycles. The first-order valence-electron chi connectivity index (χ1n) is 6.28. The molecule has 1 aliphatic heterocycles. The standard InChI is InChI=1S/C15H14N2O2/c18-14-10-12(15(19)16-8-4-5-9-16)11-17(14)13-6-2-1-3-7-13/h1-9,12H,10-11H2. The number of anilines is 1. The van der Waals surface area contributed by atoms with Crippen molar-refractivity contribution in [2.75, 3.05) is 11.4 Å². The average molecular weight is 254 g/mol. The van der Waals surface area contributed by atoms with Crippen molar-refractivity contribution in [2.45, 2.75) is 6.42 Å². The maximum absolute atomic E-state index is 12.2. The normalized spacial score (nSPS) is 18.8. The Kier molecular flexibility index (Phi) is 2.91. The Morgan fingerprint density at radius 2 is 1.74 bits per heavy atom. The first-order valence-corrected chi connectivity index (χ1v) is 6.28. The van der Waals surface area contributed by atoms with Gasteiger partial charge in [0, 0.05) is 31.0 Å². The lowest BCUT2D eigenvalue weighted by atomic mass is 10.1. The van der Waals surface area contributed by atoms with Crippen molar-refractivity contribution in [1.82, 2.24) is 4.57 Å². The molecule has 1 amide bonds. The van der Waals surface area contributed by atoms with E-state index in [1.165, 1.54) is 0 Å². The molecular formula is C15H14N2O2. The fraction of sp³-hybridized carbons (Fsp3) is 0.200. The van der Waals surface area contributed by atoms with E-state index in [1.807, 2.05) is 42.5 Å². The summed E-state index contributed by atoms with van der Waals surface area (Å²) in [6.07, 6.45) is 3.72. The monoisotopic (exact) mass is 254 g/mol. The molecule has 0 bridgehead atoms. The van der Waals surface area contributed by atoms with Crippen molar-refractivity contribution in [3.8, 4) is 0 Å². The van der Waals surface area contributed by atoms with Crippen molar-refractivity contribution in [2.24, 2.45) is 5.92 Å². The van der Waals surface area contributed by atoms with Crippen molar-refractivity contribution in [3.63, 3.8) is 0 Å². The molecule has 2 aromatic rings. The van der Waals surface area contributed by atoms with E-state index in [9.17, 15) is 9.59 Å². The third-order valence-corrected chi connectivity index (χ3v) is 3.40. The van der Waals surface area contributed by atoms with Gasteiger partial charge in [-0.2, -0.15) is 0 Å². The second kappa shape index (κ2) is 4.72. The van der Waals surface area contributed by atoms with Crippen molar-refractivity contribution < 1.29 is 9.59 Å². The van der Waals surface area contributed by atoms with Gasteiger partial charge in [-0.15, -0.1) is 0 Å². The van der Waals surface area contributed by atoms with Crippen molar-refractivity contribution >= 4 is 17.5 Å². The molecule has 2 heterocycles. The second-order valence-corrected chi connectivity index (χ2v) is 4.67. The van der Waals surface area contributed by atoms with Crippen LogP contribution < -0.4 is 4.90 Å². The van der Waals surface area contributed by atoms with Gasteiger partial charge in [0.15, 0.2) is 0 Å². The molecule has 0 N–H and O–H groups in total. The van der Waals surface area contributed by atoms with Gasteiger partial charge in [0.2, 0.25) is 11.8 Å². The number of hydrogen-bond acceptors (Lipinski definition) is 2. The van der Waals surface area contributed by atoms with Crippen LogP contribution in [-0.2, 0) is 4.79 Å². The number of para-hydroxylation sites is 1. The topological polar surface area (TPSA) is 42.3 Å². The largest absolute Gasteiger partial charge is 0.312 e. The van der Waals surface area contributed by atoms with Crippen LogP contribution in [0.15, 0.2) is 54.9 Å². The quantitative estimate of drug-likeness (QED) is 0.824. The summed E-state index contributed by atoms with van der Waals surface area (Å²) in [6, 6.07) is 13.1. The van der Waals surface area contributed by atoms with Gasteiger partial charge in [-0.1, -0.05) is 18.2 Å². The number of aromatic nitrogens is 1. The third kappa shape index (κ3) is 2.17. The Hall–Kier alpha value is -2.36. The number of nitrogens with zero attached hydrogens (tertiary/aromatic N) is 2. The van der Waals surface area contributed by atoms with Crippen LogP contribution in [0, 0.1) is 5.92 Å². The summed E-state index contributed by atoms with van der Waals surface area (Å²) >= 11 is 0. The molecule has 19 heavy (non-hydrogen) atoms. The highest BCUT2D eigenvalue weighted by atomic mass is 16.2. The molecule has 1 aromatic carbocycles. The Morgan fingerprint density at radius 3 is 2.42 bits per heavy atom. The lowest BCUT2D eigenvalue weighted by molar-refractivity contribution is -0.117. The molecule has 1 saturated heterocycles. The molecule has 0 aliphatic carbocycles. The minimum absolute atomic E-state index is 0.0108. The Morgan fingerprint density at radius 1 is 1.05 bits per heavy atom. The van der Waals surface area contributed by atoms with E-state index in [-0.39, 0.29) is 24.2 Å². The van der Waals surface area contributed by atoms with E-state index >= 15 is 0 Å². The summed E-state index contributed by atoms with van der Waals surface area (Å²) in [5.74, 6) is -0.270. The maximum Gasteiger partial charge on any atom is 0.235 e. The lowest BCUT2D eigenvalue weighted by Gasteiger charge is -2.16. The third-order valence-electron chi connectivity index (χ3n) is 3.40. The highest BCUT2D eigenvalue weighted by molar-refractivity contribution is 6.00. The van der Waals surface area contributed by atoms with Gasteiger partial charge in [-0.25, -0.2) is 0 Å². The van der Waals surface area contributed by atoms with Crippen molar-refractivity contribution in [3.05, 3.63) is 54.9 Å². The van der Waals surface area contributed by atoms with Crippen LogP contribution in [0.25, 0.3) is 0 Å². The first-order chi connectivity index (χ1) is 9.25. The van der Waals surface area contributed by atoms with Crippen molar-refractivity contribution in [1.29, 1.82) is 0 Å². The van der Waals surface area contributed by atoms with Crippen LogP contribution in [0.3, 0.4) is 0 Å². The number of carbonyl (C=O) groups excluding carboxylic acids is 2. The zero-order chi connectivity index (χ0) is 13.2. The number of carbonyl (C=O) groups is 2. The van der Waals surface area contributed by atoms with Gasteiger partial charge >= 0.3 is 0 Å².